The Morgan fingerprint density at radius 2 is 1.83 bits per heavy atom. The Labute approximate surface area is 272 Å². The third kappa shape index (κ3) is 4.16. The molecule has 1 saturated heterocycles. The van der Waals surface area contributed by atoms with Crippen LogP contribution < -0.4 is 0 Å². The molecule has 0 unspecified atom stereocenters. The Kier molecular flexibility index (Phi) is 7.56. The van der Waals surface area contributed by atoms with Crippen molar-refractivity contribution in [3.8, 4) is 5.75 Å². The molecule has 0 spiro atoms. The van der Waals surface area contributed by atoms with Gasteiger partial charge in [0, 0.05) is 11.3 Å². The lowest BCUT2D eigenvalue weighted by Crippen LogP contribution is -2.69. The zero-order valence-corrected chi connectivity index (χ0v) is 27.6. The number of carbonyl (C=O) groups is 1. The van der Waals surface area contributed by atoms with Gasteiger partial charge in [0.2, 0.25) is 0 Å². The number of aromatic hydroxyl groups is 1. The fourth-order valence-electron chi connectivity index (χ4n) is 11.5. The number of ether oxygens (including phenoxy) is 1. The number of carbonyl (C=O) groups excluding carboxylic acids is 1. The number of phenolic OH excluding ortho intramolecular Hbond substituents is 1. The van der Waals surface area contributed by atoms with Crippen LogP contribution in [0.15, 0.2) is 48.1 Å². The van der Waals surface area contributed by atoms with Crippen molar-refractivity contribution in [2.75, 3.05) is 6.61 Å². The van der Waals surface area contributed by atoms with Crippen LogP contribution in [0.3, 0.4) is 0 Å². The maximum atomic E-state index is 14.2. The van der Waals surface area contributed by atoms with E-state index in [4.69, 9.17) is 4.74 Å². The highest BCUT2D eigenvalue weighted by Crippen LogP contribution is 2.75. The maximum absolute atomic E-state index is 14.2. The van der Waals surface area contributed by atoms with Gasteiger partial charge in [0.15, 0.2) is 5.78 Å². The number of hydrogen-bond acceptors (Lipinski definition) is 8. The van der Waals surface area contributed by atoms with Crippen molar-refractivity contribution in [1.82, 2.24) is 0 Å². The summed E-state index contributed by atoms with van der Waals surface area (Å²) < 4.78 is 6.34. The van der Waals surface area contributed by atoms with Crippen LogP contribution in [0.1, 0.15) is 78.2 Å². The van der Waals surface area contributed by atoms with E-state index in [1.165, 1.54) is 0 Å². The summed E-state index contributed by atoms with van der Waals surface area (Å²) in [5.74, 6) is -0.271. The number of aliphatic hydroxyl groups is 5. The summed E-state index contributed by atoms with van der Waals surface area (Å²) in [6, 6.07) is 7.18. The minimum atomic E-state index is -1.43. The molecule has 5 aliphatic carbocycles. The first kappa shape index (κ1) is 32.5. The molecular weight excluding hydrogens is 584 g/mol. The molecule has 1 aliphatic heterocycles. The summed E-state index contributed by atoms with van der Waals surface area (Å²) in [6.07, 6.45) is 6.41. The fraction of sp³-hybridized carbons (Fsp3) is 0.711. The van der Waals surface area contributed by atoms with Gasteiger partial charge in [-0.15, -0.1) is 0 Å². The standard InChI is InChI=1S/C38H52O8/c1-21(2)22(3)32-33(46-32)37(44)12-6-8-24-16-26-27(17-31(43)35(20-39)19-29(42)28(41)18-34(26,35)4)38(45)14-11-30(37)36(24,38)13-10-23-7-5-9-25(40)15-23/h5-9,15,17,21-22,24,26,28-30,32-33,39-42,44-45H,10-14,16,18-20H2,1-4H3/t22-,24+,26-,28+,29-,30+,32-,33-,34-,35+,36-,37+,38+/m1/s1. The van der Waals surface area contributed by atoms with Crippen molar-refractivity contribution >= 4 is 5.78 Å². The summed E-state index contributed by atoms with van der Waals surface area (Å²) in [4.78, 5) is 14.2. The molecule has 13 atom stereocenters. The monoisotopic (exact) mass is 636 g/mol. The number of epoxide rings is 1. The molecule has 252 valence electrons. The summed E-state index contributed by atoms with van der Waals surface area (Å²) >= 11 is 0. The lowest BCUT2D eigenvalue weighted by Gasteiger charge is -2.66. The quantitative estimate of drug-likeness (QED) is 0.195. The molecule has 0 bridgehead atoms. The number of fused-ring (bicyclic) bond motifs is 4. The second-order valence-corrected chi connectivity index (χ2v) is 16.5. The topological polar surface area (TPSA) is 151 Å². The minimum Gasteiger partial charge on any atom is -0.508 e. The van der Waals surface area contributed by atoms with Gasteiger partial charge in [0.1, 0.15) is 17.5 Å². The van der Waals surface area contributed by atoms with Crippen LogP contribution in [0.4, 0.5) is 0 Å². The molecule has 6 N–H and O–H groups in total. The Morgan fingerprint density at radius 3 is 2.52 bits per heavy atom. The first-order chi connectivity index (χ1) is 21.7. The van der Waals surface area contributed by atoms with Gasteiger partial charge in [-0.25, -0.2) is 0 Å². The van der Waals surface area contributed by atoms with Crippen LogP contribution in [-0.2, 0) is 16.0 Å². The number of aliphatic hydroxyl groups excluding tert-OH is 3. The number of hydrogen-bond donors (Lipinski definition) is 6. The highest BCUT2D eigenvalue weighted by Gasteiger charge is 2.77. The number of ketones is 1. The Morgan fingerprint density at radius 1 is 1.09 bits per heavy atom. The summed E-state index contributed by atoms with van der Waals surface area (Å²) in [7, 11) is 0. The molecule has 7 rings (SSSR count). The van der Waals surface area contributed by atoms with E-state index in [-0.39, 0.29) is 60.3 Å². The van der Waals surface area contributed by atoms with Gasteiger partial charge in [0.05, 0.1) is 35.9 Å². The summed E-state index contributed by atoms with van der Waals surface area (Å²) in [6.45, 7) is 8.03. The lowest BCUT2D eigenvalue weighted by molar-refractivity contribution is -0.203. The second kappa shape index (κ2) is 10.7. The van der Waals surface area contributed by atoms with E-state index in [1.54, 1.807) is 18.2 Å². The van der Waals surface area contributed by atoms with Gasteiger partial charge in [-0.2, -0.15) is 0 Å². The molecule has 1 aromatic rings. The first-order valence-electron chi connectivity index (χ1n) is 17.5. The molecular formula is C38H52O8. The van der Waals surface area contributed by atoms with Gasteiger partial charge in [-0.1, -0.05) is 52.0 Å². The van der Waals surface area contributed by atoms with E-state index in [1.807, 2.05) is 19.1 Å². The van der Waals surface area contributed by atoms with E-state index < -0.39 is 46.3 Å². The SMILES string of the molecule is CC(C)[C@@H](C)[C@H]1O[C@H]1[C@]1(O)CC=C[C@H]2C[C@@H]3C(=CC(=O)[C@@]4(CO)C[C@@H](O)[C@@H](O)C[C@]34C)[C@@]3(O)CC[C@H]1[C@@]23CCc1cccc(O)c1. The van der Waals surface area contributed by atoms with Crippen LogP contribution in [0.25, 0.3) is 0 Å². The zero-order chi connectivity index (χ0) is 33.0. The van der Waals surface area contributed by atoms with Crippen molar-refractivity contribution in [3.63, 3.8) is 0 Å². The molecule has 3 saturated carbocycles. The minimum absolute atomic E-state index is 0.0291. The molecule has 8 nitrogen and oxygen atoms in total. The molecule has 0 radical (unpaired) electrons. The molecule has 1 heterocycles. The van der Waals surface area contributed by atoms with Crippen LogP contribution in [0.5, 0.6) is 5.75 Å². The zero-order valence-electron chi connectivity index (χ0n) is 27.6. The van der Waals surface area contributed by atoms with E-state index in [2.05, 4.69) is 32.9 Å². The van der Waals surface area contributed by atoms with E-state index in [9.17, 15) is 35.4 Å². The third-order valence-corrected chi connectivity index (χ3v) is 14.5. The van der Waals surface area contributed by atoms with Crippen molar-refractivity contribution < 1.29 is 40.2 Å². The smallest absolute Gasteiger partial charge is 0.164 e. The van der Waals surface area contributed by atoms with Gasteiger partial charge in [0.25, 0.3) is 0 Å². The molecule has 0 amide bonds. The molecule has 0 aromatic heterocycles. The number of benzene rings is 1. The van der Waals surface area contributed by atoms with Crippen molar-refractivity contribution in [3.05, 3.63) is 53.6 Å². The number of phenols is 1. The van der Waals surface area contributed by atoms with E-state index in [0.717, 1.165) is 5.56 Å². The summed E-state index contributed by atoms with van der Waals surface area (Å²) in [5, 5.41) is 69.0. The highest BCUT2D eigenvalue weighted by atomic mass is 16.6. The molecule has 1 aromatic carbocycles. The predicted molar refractivity (Wildman–Crippen MR) is 171 cm³/mol. The lowest BCUT2D eigenvalue weighted by atomic mass is 9.39. The van der Waals surface area contributed by atoms with Crippen molar-refractivity contribution in [2.24, 2.45) is 45.8 Å². The molecule has 6 aliphatic rings. The maximum Gasteiger partial charge on any atom is 0.164 e. The van der Waals surface area contributed by atoms with Crippen LogP contribution >= 0.6 is 0 Å². The number of aryl methyl sites for hydroxylation is 1. The largest absolute Gasteiger partial charge is 0.508 e. The predicted octanol–water partition coefficient (Wildman–Crippen LogP) is 3.85. The number of rotatable bonds is 7. The van der Waals surface area contributed by atoms with Gasteiger partial charge in [-0.3, -0.25) is 4.79 Å². The third-order valence-electron chi connectivity index (χ3n) is 14.5. The first-order valence-corrected chi connectivity index (χ1v) is 17.5. The molecule has 4 fully saturated rings. The molecule has 8 heteroatoms. The Bertz CT molecular complexity index is 1450. The van der Waals surface area contributed by atoms with Crippen LogP contribution in [0, 0.1) is 45.8 Å². The number of allylic oxidation sites excluding steroid dienone is 2. The van der Waals surface area contributed by atoms with Crippen molar-refractivity contribution in [2.45, 2.75) is 115 Å². The Balaban J connectivity index is 1.38. The average molecular weight is 637 g/mol. The van der Waals surface area contributed by atoms with Gasteiger partial charge >= 0.3 is 0 Å². The summed E-state index contributed by atoms with van der Waals surface area (Å²) in [5.41, 5.74) is -4.02. The van der Waals surface area contributed by atoms with Gasteiger partial charge in [-0.05, 0) is 110 Å². The fourth-order valence-corrected chi connectivity index (χ4v) is 11.5. The average Bonchev–Trinajstić information content (AvgIpc) is 3.76. The van der Waals surface area contributed by atoms with Gasteiger partial charge < -0.3 is 35.4 Å². The highest BCUT2D eigenvalue weighted by molar-refractivity contribution is 5.98. The Hall–Kier alpha value is -2.07. The van der Waals surface area contributed by atoms with Crippen LogP contribution in [0.2, 0.25) is 0 Å². The molecule has 46 heavy (non-hydrogen) atoms. The normalized spacial score (nSPS) is 48.3. The van der Waals surface area contributed by atoms with Crippen molar-refractivity contribution in [1.29, 1.82) is 0 Å². The second-order valence-electron chi connectivity index (χ2n) is 16.5. The van der Waals surface area contributed by atoms with E-state index >= 15 is 0 Å². The van der Waals surface area contributed by atoms with Crippen LogP contribution in [-0.4, -0.2) is 78.6 Å². The van der Waals surface area contributed by atoms with E-state index in [0.29, 0.717) is 50.0 Å².